The molecule has 2 aromatic rings. The quantitative estimate of drug-likeness (QED) is 0.797. The van der Waals surface area contributed by atoms with Gasteiger partial charge in [-0.05, 0) is 42.5 Å². The van der Waals surface area contributed by atoms with Crippen LogP contribution in [0, 0.1) is 5.82 Å². The number of nitrogens with one attached hydrogen (secondary N) is 1. The molecular weight excluding hydrogens is 341 g/mol. The first-order chi connectivity index (χ1) is 11.2. The van der Waals surface area contributed by atoms with Crippen molar-refractivity contribution in [2.45, 2.75) is 4.90 Å². The molecule has 7 nitrogen and oxygen atoms in total. The average Bonchev–Trinajstić information content (AvgIpc) is 2.56. The first kappa shape index (κ1) is 17.4. The van der Waals surface area contributed by atoms with E-state index in [1.54, 1.807) is 0 Å². The number of methoxy groups -OCH3 is 1. The molecule has 126 valence electrons. The van der Waals surface area contributed by atoms with Gasteiger partial charge in [-0.25, -0.2) is 22.4 Å². The third kappa shape index (κ3) is 3.69. The zero-order chi connectivity index (χ0) is 17.9. The fourth-order valence-corrected chi connectivity index (χ4v) is 2.89. The van der Waals surface area contributed by atoms with E-state index in [0.29, 0.717) is 0 Å². The fraction of sp³-hybridized carbons (Fsp3) is 0.0667. The van der Waals surface area contributed by atoms with Gasteiger partial charge in [-0.15, -0.1) is 0 Å². The summed E-state index contributed by atoms with van der Waals surface area (Å²) in [7, 11) is -3.02. The zero-order valence-electron chi connectivity index (χ0n) is 12.3. The second-order valence-electron chi connectivity index (χ2n) is 4.62. The molecule has 0 aliphatic carbocycles. The molecule has 0 heterocycles. The Balaban J connectivity index is 2.35. The van der Waals surface area contributed by atoms with Crippen LogP contribution in [-0.4, -0.2) is 32.6 Å². The van der Waals surface area contributed by atoms with Crippen molar-refractivity contribution in [2.24, 2.45) is 0 Å². The van der Waals surface area contributed by atoms with Crippen molar-refractivity contribution in [3.05, 3.63) is 59.4 Å². The topological polar surface area (TPSA) is 110 Å². The van der Waals surface area contributed by atoms with Crippen LogP contribution in [0.1, 0.15) is 20.7 Å². The summed E-state index contributed by atoms with van der Waals surface area (Å²) in [4.78, 5) is 22.0. The monoisotopic (exact) mass is 353 g/mol. The summed E-state index contributed by atoms with van der Waals surface area (Å²) < 4.78 is 44.8. The first-order valence-corrected chi connectivity index (χ1v) is 7.97. The van der Waals surface area contributed by atoms with Crippen molar-refractivity contribution in [2.75, 3.05) is 11.8 Å². The number of carboxylic acids is 1. The van der Waals surface area contributed by atoms with Gasteiger partial charge in [0.1, 0.15) is 5.82 Å². The van der Waals surface area contributed by atoms with Crippen molar-refractivity contribution in [1.82, 2.24) is 0 Å². The smallest absolute Gasteiger partial charge is 0.337 e. The Morgan fingerprint density at radius 3 is 2.21 bits per heavy atom. The van der Waals surface area contributed by atoms with Gasteiger partial charge in [-0.3, -0.25) is 4.72 Å². The molecule has 2 N–H and O–H groups in total. The highest BCUT2D eigenvalue weighted by Gasteiger charge is 2.18. The minimum Gasteiger partial charge on any atom is -0.478 e. The van der Waals surface area contributed by atoms with Gasteiger partial charge in [0.2, 0.25) is 0 Å². The number of carbonyl (C=O) groups is 2. The Labute approximate surface area is 136 Å². The highest BCUT2D eigenvalue weighted by atomic mass is 32.2. The normalized spacial score (nSPS) is 10.9. The van der Waals surface area contributed by atoms with E-state index < -0.39 is 33.5 Å². The highest BCUT2D eigenvalue weighted by Crippen LogP contribution is 2.21. The Bertz CT molecular complexity index is 893. The number of hydrogen-bond donors (Lipinski definition) is 2. The van der Waals surface area contributed by atoms with Crippen LogP contribution < -0.4 is 4.72 Å². The van der Waals surface area contributed by atoms with Crippen LogP contribution in [0.25, 0.3) is 0 Å². The summed E-state index contributed by atoms with van der Waals surface area (Å²) in [6.45, 7) is 0. The molecule has 0 atom stereocenters. The summed E-state index contributed by atoms with van der Waals surface area (Å²) >= 11 is 0. The average molecular weight is 353 g/mol. The fourth-order valence-electron chi connectivity index (χ4n) is 1.83. The van der Waals surface area contributed by atoms with Crippen LogP contribution in [0.5, 0.6) is 0 Å². The van der Waals surface area contributed by atoms with E-state index in [2.05, 4.69) is 4.74 Å². The van der Waals surface area contributed by atoms with Crippen LogP contribution in [0.3, 0.4) is 0 Å². The van der Waals surface area contributed by atoms with E-state index in [0.717, 1.165) is 49.6 Å². The molecule has 0 spiro atoms. The molecule has 0 unspecified atom stereocenters. The number of hydrogen-bond acceptors (Lipinski definition) is 5. The van der Waals surface area contributed by atoms with E-state index in [9.17, 15) is 22.4 Å². The lowest BCUT2D eigenvalue weighted by atomic mass is 10.2. The molecule has 0 aromatic heterocycles. The molecule has 2 aromatic carbocycles. The summed E-state index contributed by atoms with van der Waals surface area (Å²) in [5.74, 6) is -2.83. The molecule has 0 amide bonds. The summed E-state index contributed by atoms with van der Waals surface area (Å²) in [6.07, 6.45) is 0. The van der Waals surface area contributed by atoms with Crippen LogP contribution in [-0.2, 0) is 14.8 Å². The largest absolute Gasteiger partial charge is 0.478 e. The van der Waals surface area contributed by atoms with Gasteiger partial charge in [0.05, 0.1) is 28.8 Å². The Kier molecular flexibility index (Phi) is 4.84. The number of esters is 1. The maximum atomic E-state index is 13.8. The molecule has 0 bridgehead atoms. The second kappa shape index (κ2) is 6.67. The zero-order valence-corrected chi connectivity index (χ0v) is 13.1. The van der Waals surface area contributed by atoms with Gasteiger partial charge < -0.3 is 9.84 Å². The number of ether oxygens (including phenoxy) is 1. The number of sulfonamides is 1. The van der Waals surface area contributed by atoms with Crippen LogP contribution in [0.2, 0.25) is 0 Å². The lowest BCUT2D eigenvalue weighted by Crippen LogP contribution is -2.15. The van der Waals surface area contributed by atoms with E-state index in [4.69, 9.17) is 5.11 Å². The van der Waals surface area contributed by atoms with Crippen LogP contribution >= 0.6 is 0 Å². The minimum absolute atomic E-state index is 0.0298. The van der Waals surface area contributed by atoms with E-state index in [-0.39, 0.29) is 16.0 Å². The predicted octanol–water partition coefficient (Wildman–Crippen LogP) is 2.11. The molecule has 0 saturated heterocycles. The SMILES string of the molecule is COC(=O)c1ccc(F)c(NS(=O)(=O)c2ccc(C(=O)O)cc2)c1. The third-order valence-electron chi connectivity index (χ3n) is 3.04. The van der Waals surface area contributed by atoms with Gasteiger partial charge in [-0.1, -0.05) is 0 Å². The number of carbonyl (C=O) groups excluding carboxylic acids is 1. The summed E-state index contributed by atoms with van der Waals surface area (Å²) in [6, 6.07) is 7.46. The number of aromatic carboxylic acids is 1. The number of benzene rings is 2. The maximum Gasteiger partial charge on any atom is 0.337 e. The lowest BCUT2D eigenvalue weighted by Gasteiger charge is -2.10. The molecule has 0 fully saturated rings. The van der Waals surface area contributed by atoms with Gasteiger partial charge in [0.15, 0.2) is 0 Å². The Morgan fingerprint density at radius 2 is 1.67 bits per heavy atom. The number of carboxylic acid groups (broad SMARTS) is 1. The predicted molar refractivity (Wildman–Crippen MR) is 81.9 cm³/mol. The van der Waals surface area contributed by atoms with Gasteiger partial charge in [0.25, 0.3) is 10.0 Å². The molecule has 9 heteroatoms. The van der Waals surface area contributed by atoms with E-state index in [1.807, 2.05) is 4.72 Å². The molecule has 0 aliphatic heterocycles. The highest BCUT2D eigenvalue weighted by molar-refractivity contribution is 7.92. The van der Waals surface area contributed by atoms with Gasteiger partial charge >= 0.3 is 11.9 Å². The van der Waals surface area contributed by atoms with Crippen LogP contribution in [0.15, 0.2) is 47.4 Å². The van der Waals surface area contributed by atoms with Gasteiger partial charge in [0, 0.05) is 0 Å². The lowest BCUT2D eigenvalue weighted by molar-refractivity contribution is 0.0599. The minimum atomic E-state index is -4.16. The Hall–Kier alpha value is -2.94. The first-order valence-electron chi connectivity index (χ1n) is 6.48. The number of halogens is 1. The molecule has 2 rings (SSSR count). The van der Waals surface area contributed by atoms with E-state index in [1.165, 1.54) is 0 Å². The van der Waals surface area contributed by atoms with Crippen molar-refractivity contribution >= 4 is 27.6 Å². The molecule has 0 saturated carbocycles. The third-order valence-corrected chi connectivity index (χ3v) is 4.42. The summed E-state index contributed by atoms with van der Waals surface area (Å²) in [5.41, 5.74) is -0.550. The molecular formula is C15H12FNO6S. The van der Waals surface area contributed by atoms with Crippen molar-refractivity contribution in [3.8, 4) is 0 Å². The standard InChI is InChI=1S/C15H12FNO6S/c1-23-15(20)10-4-7-12(16)13(8-10)17-24(21,22)11-5-2-9(3-6-11)14(18)19/h2-8,17H,1H3,(H,18,19). The number of rotatable bonds is 5. The Morgan fingerprint density at radius 1 is 1.08 bits per heavy atom. The van der Waals surface area contributed by atoms with Crippen molar-refractivity contribution < 1.29 is 32.2 Å². The van der Waals surface area contributed by atoms with Crippen molar-refractivity contribution in [3.63, 3.8) is 0 Å². The molecule has 24 heavy (non-hydrogen) atoms. The van der Waals surface area contributed by atoms with Crippen molar-refractivity contribution in [1.29, 1.82) is 0 Å². The second-order valence-corrected chi connectivity index (χ2v) is 6.30. The molecule has 0 radical (unpaired) electrons. The van der Waals surface area contributed by atoms with Gasteiger partial charge in [-0.2, -0.15) is 0 Å². The maximum absolute atomic E-state index is 13.8. The van der Waals surface area contributed by atoms with E-state index >= 15 is 0 Å². The molecule has 0 aliphatic rings. The number of anilines is 1. The van der Waals surface area contributed by atoms with Crippen LogP contribution in [0.4, 0.5) is 10.1 Å². The summed E-state index contributed by atoms with van der Waals surface area (Å²) in [5, 5.41) is 8.80.